The molecule has 3 N–H and O–H groups in total. The number of nitrogens with zero attached hydrogens (tertiary/aromatic N) is 5. The van der Waals surface area contributed by atoms with E-state index in [-0.39, 0.29) is 6.61 Å². The third-order valence-corrected chi connectivity index (χ3v) is 4.04. The average Bonchev–Trinajstić information content (AvgIpc) is 3.26. The van der Waals surface area contributed by atoms with Crippen LogP contribution >= 0.6 is 0 Å². The van der Waals surface area contributed by atoms with Gasteiger partial charge in [-0.3, -0.25) is 4.98 Å². The number of anilines is 3. The highest BCUT2D eigenvalue weighted by molar-refractivity contribution is 5.78. The van der Waals surface area contributed by atoms with E-state index in [1.807, 2.05) is 71.0 Å². The van der Waals surface area contributed by atoms with Crippen LogP contribution in [0, 0.1) is 0 Å². The minimum atomic E-state index is -0.101. The molecule has 0 saturated heterocycles. The van der Waals surface area contributed by atoms with E-state index in [0.717, 1.165) is 29.1 Å². The van der Waals surface area contributed by atoms with Crippen molar-refractivity contribution in [1.29, 1.82) is 0 Å². The fraction of sp³-hybridized carbons (Fsp3) is 0.304. The van der Waals surface area contributed by atoms with Crippen LogP contribution in [0.25, 0.3) is 17.0 Å². The molecule has 0 unspecified atom stereocenters. The molecule has 0 fully saturated rings. The predicted molar refractivity (Wildman–Crippen MR) is 127 cm³/mol. The van der Waals surface area contributed by atoms with Crippen LogP contribution in [-0.4, -0.2) is 36.2 Å². The second kappa shape index (κ2) is 12.2. The van der Waals surface area contributed by atoms with E-state index in [2.05, 4.69) is 30.7 Å². The molecule has 31 heavy (non-hydrogen) atoms. The molecular formula is C23H31N7O. The summed E-state index contributed by atoms with van der Waals surface area (Å²) >= 11 is 0. The van der Waals surface area contributed by atoms with Gasteiger partial charge in [-0.2, -0.15) is 0 Å². The van der Waals surface area contributed by atoms with Crippen LogP contribution in [0.3, 0.4) is 0 Å². The van der Waals surface area contributed by atoms with Gasteiger partial charge in [-0.15, -0.1) is 5.10 Å². The van der Waals surface area contributed by atoms with E-state index in [1.165, 1.54) is 0 Å². The molecule has 164 valence electrons. The van der Waals surface area contributed by atoms with Gasteiger partial charge in [0.1, 0.15) is 17.0 Å². The first-order valence-electron chi connectivity index (χ1n) is 10.7. The van der Waals surface area contributed by atoms with E-state index in [1.54, 1.807) is 23.1 Å². The molecule has 0 aliphatic heterocycles. The van der Waals surface area contributed by atoms with E-state index < -0.39 is 0 Å². The Bertz CT molecular complexity index is 1060. The van der Waals surface area contributed by atoms with Crippen LogP contribution < -0.4 is 10.6 Å². The summed E-state index contributed by atoms with van der Waals surface area (Å²) in [6.07, 6.45) is 5.23. The zero-order valence-corrected chi connectivity index (χ0v) is 18.8. The first-order chi connectivity index (χ1) is 15.3. The first kappa shape index (κ1) is 23.8. The summed E-state index contributed by atoms with van der Waals surface area (Å²) in [6.45, 7) is 10.7. The summed E-state index contributed by atoms with van der Waals surface area (Å²) in [4.78, 5) is 13.3. The summed E-state index contributed by atoms with van der Waals surface area (Å²) in [5.74, 6) is 1.86. The third kappa shape index (κ3) is 5.76. The molecule has 4 heterocycles. The second-order valence-corrected chi connectivity index (χ2v) is 5.88. The third-order valence-electron chi connectivity index (χ3n) is 4.04. The van der Waals surface area contributed by atoms with Gasteiger partial charge in [0, 0.05) is 42.5 Å². The van der Waals surface area contributed by atoms with Crippen LogP contribution in [0.15, 0.2) is 55.0 Å². The van der Waals surface area contributed by atoms with Gasteiger partial charge in [0.05, 0.1) is 6.61 Å². The quantitative estimate of drug-likeness (QED) is 0.407. The van der Waals surface area contributed by atoms with E-state index in [4.69, 9.17) is 0 Å². The summed E-state index contributed by atoms with van der Waals surface area (Å²) in [5.41, 5.74) is 2.97. The van der Waals surface area contributed by atoms with Crippen molar-refractivity contribution >= 4 is 22.8 Å². The maximum Gasteiger partial charge on any atom is 0.200 e. The van der Waals surface area contributed by atoms with Gasteiger partial charge in [-0.25, -0.2) is 14.5 Å². The standard InChI is InChI=1S/C19H19N7O.2C2H6/c1-2-20-16-11-14(6-9-22-16)23-19-17-13(12-27)7-10-26(17)25-18(24-19)15-5-3-4-8-21-15;2*1-2/h3-11,27H,2,12H2,1H3,(H2,20,22,23,24,25);2*1-2H3. The fourth-order valence-electron chi connectivity index (χ4n) is 2.83. The van der Waals surface area contributed by atoms with E-state index in [9.17, 15) is 5.11 Å². The lowest BCUT2D eigenvalue weighted by molar-refractivity contribution is 0.283. The Balaban J connectivity index is 0.000000807. The molecular weight excluding hydrogens is 390 g/mol. The second-order valence-electron chi connectivity index (χ2n) is 5.88. The predicted octanol–water partition coefficient (Wildman–Crippen LogP) is 4.91. The Morgan fingerprint density at radius 1 is 1.00 bits per heavy atom. The number of hydrogen-bond acceptors (Lipinski definition) is 7. The zero-order valence-electron chi connectivity index (χ0n) is 18.8. The number of fused-ring (bicyclic) bond motifs is 1. The molecule has 0 aliphatic rings. The van der Waals surface area contributed by atoms with Crippen molar-refractivity contribution in [3.05, 3.63) is 60.6 Å². The normalized spacial score (nSPS) is 9.87. The van der Waals surface area contributed by atoms with Crippen molar-refractivity contribution in [1.82, 2.24) is 24.6 Å². The zero-order chi connectivity index (χ0) is 22.6. The van der Waals surface area contributed by atoms with Crippen molar-refractivity contribution < 1.29 is 5.11 Å². The molecule has 0 aromatic carbocycles. The Kier molecular flexibility index (Phi) is 9.38. The topological polar surface area (TPSA) is 100 Å². The summed E-state index contributed by atoms with van der Waals surface area (Å²) in [6, 6.07) is 11.2. The van der Waals surface area contributed by atoms with Gasteiger partial charge in [0.2, 0.25) is 5.82 Å². The number of aromatic nitrogens is 5. The molecule has 4 rings (SSSR count). The molecule has 0 saturated carbocycles. The lowest BCUT2D eigenvalue weighted by atomic mass is 10.2. The number of pyridine rings is 2. The molecule has 4 aromatic rings. The van der Waals surface area contributed by atoms with E-state index >= 15 is 0 Å². The van der Waals surface area contributed by atoms with Gasteiger partial charge in [-0.1, -0.05) is 33.8 Å². The van der Waals surface area contributed by atoms with Crippen LogP contribution in [0.1, 0.15) is 40.2 Å². The highest BCUT2D eigenvalue weighted by Gasteiger charge is 2.14. The highest BCUT2D eigenvalue weighted by atomic mass is 16.3. The monoisotopic (exact) mass is 421 g/mol. The van der Waals surface area contributed by atoms with Crippen LogP contribution in [0.2, 0.25) is 0 Å². The average molecular weight is 422 g/mol. The lowest BCUT2D eigenvalue weighted by Gasteiger charge is -2.12. The Hall–Kier alpha value is -3.52. The van der Waals surface area contributed by atoms with Gasteiger partial charge in [-0.05, 0) is 31.2 Å². The lowest BCUT2D eigenvalue weighted by Crippen LogP contribution is -2.06. The largest absolute Gasteiger partial charge is 0.392 e. The Morgan fingerprint density at radius 2 is 1.81 bits per heavy atom. The molecule has 4 aromatic heterocycles. The van der Waals surface area contributed by atoms with Crippen molar-refractivity contribution in [3.63, 3.8) is 0 Å². The number of hydrogen-bond donors (Lipinski definition) is 3. The van der Waals surface area contributed by atoms with Crippen LogP contribution in [0.5, 0.6) is 0 Å². The summed E-state index contributed by atoms with van der Waals surface area (Å²) in [5, 5.41) is 20.7. The minimum Gasteiger partial charge on any atom is -0.392 e. The Morgan fingerprint density at radius 3 is 2.48 bits per heavy atom. The van der Waals surface area contributed by atoms with Gasteiger partial charge in [0.25, 0.3) is 0 Å². The van der Waals surface area contributed by atoms with Crippen molar-refractivity contribution in [2.24, 2.45) is 0 Å². The minimum absolute atomic E-state index is 0.101. The SMILES string of the molecule is CC.CC.CCNc1cc(Nc2nc(-c3ccccn3)nn3ccc(CO)c23)ccn1. The van der Waals surface area contributed by atoms with Crippen molar-refractivity contribution in [3.8, 4) is 11.5 Å². The number of rotatable bonds is 6. The molecule has 0 atom stereocenters. The number of aliphatic hydroxyl groups excluding tert-OH is 1. The molecule has 0 radical (unpaired) electrons. The summed E-state index contributed by atoms with van der Waals surface area (Å²) < 4.78 is 1.71. The fourth-order valence-corrected chi connectivity index (χ4v) is 2.83. The molecule has 0 aliphatic carbocycles. The summed E-state index contributed by atoms with van der Waals surface area (Å²) in [7, 11) is 0. The molecule has 0 amide bonds. The first-order valence-corrected chi connectivity index (χ1v) is 10.7. The van der Waals surface area contributed by atoms with Gasteiger partial charge >= 0.3 is 0 Å². The molecule has 0 bridgehead atoms. The maximum absolute atomic E-state index is 9.69. The van der Waals surface area contributed by atoms with Gasteiger partial charge in [0.15, 0.2) is 5.82 Å². The maximum atomic E-state index is 9.69. The van der Waals surface area contributed by atoms with Crippen LogP contribution in [0.4, 0.5) is 17.3 Å². The molecule has 8 nitrogen and oxygen atoms in total. The van der Waals surface area contributed by atoms with Crippen molar-refractivity contribution in [2.75, 3.05) is 17.2 Å². The van der Waals surface area contributed by atoms with Crippen LogP contribution in [-0.2, 0) is 6.61 Å². The smallest absolute Gasteiger partial charge is 0.200 e. The van der Waals surface area contributed by atoms with Crippen molar-refractivity contribution in [2.45, 2.75) is 41.2 Å². The van der Waals surface area contributed by atoms with E-state index in [0.29, 0.717) is 17.3 Å². The molecule has 8 heteroatoms. The highest BCUT2D eigenvalue weighted by Crippen LogP contribution is 2.26. The number of aliphatic hydroxyl groups is 1. The number of nitrogens with one attached hydrogen (secondary N) is 2. The van der Waals surface area contributed by atoms with Gasteiger partial charge < -0.3 is 15.7 Å². The Labute approximate surface area is 183 Å². The molecule has 0 spiro atoms.